The van der Waals surface area contributed by atoms with Crippen LogP contribution in [0.15, 0.2) is 48.5 Å². The number of benzene rings is 2. The van der Waals surface area contributed by atoms with E-state index in [9.17, 15) is 14.4 Å². The quantitative estimate of drug-likeness (QED) is 0.478. The van der Waals surface area contributed by atoms with Crippen molar-refractivity contribution in [3.05, 3.63) is 59.7 Å². The fraction of sp³-hybridized carbons (Fsp3) is 0.464. The van der Waals surface area contributed by atoms with Gasteiger partial charge in [0.1, 0.15) is 12.6 Å². The number of nitrogens with one attached hydrogen (secondary N) is 2. The number of ether oxygens (including phenoxy) is 1. The van der Waals surface area contributed by atoms with Crippen molar-refractivity contribution in [2.45, 2.75) is 69.9 Å². The minimum absolute atomic E-state index is 0.0608. The van der Waals surface area contributed by atoms with Gasteiger partial charge in [0.25, 0.3) is 0 Å². The summed E-state index contributed by atoms with van der Waals surface area (Å²) in [6, 6.07) is 15.0. The normalized spacial score (nSPS) is 17.1. The number of carbonyl (C=O) groups excluding carboxylic acids is 2. The molecule has 0 aromatic heterocycles. The maximum atomic E-state index is 13.0. The van der Waals surface area contributed by atoms with E-state index in [0.717, 1.165) is 47.9 Å². The zero-order valence-corrected chi connectivity index (χ0v) is 20.2. The third-order valence-corrected chi connectivity index (χ3v) is 7.12. The molecule has 0 heterocycles. The molecule has 2 aromatic carbocycles. The second kappa shape index (κ2) is 11.4. The maximum absolute atomic E-state index is 13.0. The Morgan fingerprint density at radius 2 is 1.54 bits per heavy atom. The Balaban J connectivity index is 1.41. The summed E-state index contributed by atoms with van der Waals surface area (Å²) in [7, 11) is 0. The Bertz CT molecular complexity index is 1020. The lowest BCUT2D eigenvalue weighted by Gasteiger charge is -2.27. The molecule has 7 heteroatoms. The Labute approximate surface area is 206 Å². The zero-order chi connectivity index (χ0) is 24.8. The highest BCUT2D eigenvalue weighted by Crippen LogP contribution is 2.44. The lowest BCUT2D eigenvalue weighted by atomic mass is 9.84. The van der Waals surface area contributed by atoms with Gasteiger partial charge in [0.2, 0.25) is 5.91 Å². The Morgan fingerprint density at radius 1 is 0.943 bits per heavy atom. The monoisotopic (exact) mass is 478 g/mol. The highest BCUT2D eigenvalue weighted by Gasteiger charge is 2.31. The minimum Gasteiger partial charge on any atom is -0.481 e. The summed E-state index contributed by atoms with van der Waals surface area (Å²) in [4.78, 5) is 36.8. The molecule has 2 atom stereocenters. The first-order valence-electron chi connectivity index (χ1n) is 12.6. The number of carboxylic acid groups (broad SMARTS) is 1. The van der Waals surface area contributed by atoms with Crippen LogP contribution in [-0.4, -0.2) is 41.8 Å². The van der Waals surface area contributed by atoms with Crippen molar-refractivity contribution in [1.29, 1.82) is 0 Å². The molecule has 1 saturated carbocycles. The largest absolute Gasteiger partial charge is 0.481 e. The molecular weight excluding hydrogens is 444 g/mol. The SMILES string of the molecule is C[C@H](CC(=O)O)NC(=O)C(CC1CCCCC1)NC(=O)OCC1c2ccccc2-c2ccccc21. The van der Waals surface area contributed by atoms with E-state index in [0.29, 0.717) is 12.3 Å². The number of aliphatic carboxylic acids is 1. The predicted octanol–water partition coefficient (Wildman–Crippen LogP) is 4.84. The fourth-order valence-electron chi connectivity index (χ4n) is 5.43. The number of carboxylic acids is 1. The van der Waals surface area contributed by atoms with Crippen LogP contribution in [0.1, 0.15) is 68.9 Å². The van der Waals surface area contributed by atoms with Gasteiger partial charge in [-0.2, -0.15) is 0 Å². The van der Waals surface area contributed by atoms with Crippen LogP contribution in [0.4, 0.5) is 4.79 Å². The predicted molar refractivity (Wildman–Crippen MR) is 133 cm³/mol. The molecule has 1 unspecified atom stereocenters. The van der Waals surface area contributed by atoms with E-state index in [-0.39, 0.29) is 24.9 Å². The van der Waals surface area contributed by atoms with Crippen molar-refractivity contribution >= 4 is 18.0 Å². The average Bonchev–Trinajstić information content (AvgIpc) is 3.16. The molecule has 0 radical (unpaired) electrons. The van der Waals surface area contributed by atoms with Gasteiger partial charge in [0.05, 0.1) is 6.42 Å². The van der Waals surface area contributed by atoms with E-state index < -0.39 is 24.1 Å². The van der Waals surface area contributed by atoms with Crippen LogP contribution in [-0.2, 0) is 14.3 Å². The third kappa shape index (κ3) is 6.21. The van der Waals surface area contributed by atoms with Gasteiger partial charge in [0, 0.05) is 12.0 Å². The molecule has 2 aliphatic carbocycles. The molecule has 0 saturated heterocycles. The maximum Gasteiger partial charge on any atom is 0.407 e. The van der Waals surface area contributed by atoms with Gasteiger partial charge in [-0.3, -0.25) is 9.59 Å². The van der Waals surface area contributed by atoms with Crippen LogP contribution in [0.2, 0.25) is 0 Å². The van der Waals surface area contributed by atoms with Crippen LogP contribution in [0, 0.1) is 5.92 Å². The van der Waals surface area contributed by atoms with Gasteiger partial charge >= 0.3 is 12.1 Å². The van der Waals surface area contributed by atoms with Gasteiger partial charge in [-0.05, 0) is 41.5 Å². The van der Waals surface area contributed by atoms with Crippen LogP contribution >= 0.6 is 0 Å². The van der Waals surface area contributed by atoms with Crippen molar-refractivity contribution in [3.63, 3.8) is 0 Å². The summed E-state index contributed by atoms with van der Waals surface area (Å²) in [5, 5.41) is 14.5. The summed E-state index contributed by atoms with van der Waals surface area (Å²) >= 11 is 0. The summed E-state index contributed by atoms with van der Waals surface area (Å²) in [5.74, 6) is -1.05. The number of alkyl carbamates (subject to hydrolysis) is 1. The minimum atomic E-state index is -0.980. The van der Waals surface area contributed by atoms with E-state index in [2.05, 4.69) is 34.9 Å². The molecule has 0 spiro atoms. The first-order valence-corrected chi connectivity index (χ1v) is 12.6. The van der Waals surface area contributed by atoms with Gasteiger partial charge in [0.15, 0.2) is 0 Å². The number of amides is 2. The van der Waals surface area contributed by atoms with Crippen LogP contribution in [0.5, 0.6) is 0 Å². The lowest BCUT2D eigenvalue weighted by molar-refractivity contribution is -0.137. The average molecular weight is 479 g/mol. The number of carbonyl (C=O) groups is 3. The standard InChI is InChI=1S/C28H34N2O5/c1-18(15-26(31)32)29-27(33)25(16-19-9-3-2-4-10-19)30-28(34)35-17-24-22-13-7-5-11-20(22)21-12-6-8-14-23(21)24/h5-8,11-14,18-19,24-25H,2-4,9-10,15-17H2,1H3,(H,29,33)(H,30,34)(H,31,32)/t18-,25?/m1/s1. The van der Waals surface area contributed by atoms with Crippen LogP contribution in [0.25, 0.3) is 11.1 Å². The summed E-state index contributed by atoms with van der Waals surface area (Å²) < 4.78 is 5.65. The summed E-state index contributed by atoms with van der Waals surface area (Å²) in [5.41, 5.74) is 4.55. The molecular formula is C28H34N2O5. The summed E-state index contributed by atoms with van der Waals surface area (Å²) in [6.07, 6.45) is 5.22. The topological polar surface area (TPSA) is 105 Å². The Kier molecular flexibility index (Phi) is 8.06. The highest BCUT2D eigenvalue weighted by molar-refractivity contribution is 5.86. The van der Waals surface area contributed by atoms with Gasteiger partial charge in [-0.15, -0.1) is 0 Å². The molecule has 3 N–H and O–H groups in total. The van der Waals surface area contributed by atoms with E-state index >= 15 is 0 Å². The number of fused-ring (bicyclic) bond motifs is 3. The molecule has 0 bridgehead atoms. The molecule has 2 aliphatic rings. The third-order valence-electron chi connectivity index (χ3n) is 7.12. The molecule has 2 amide bonds. The lowest BCUT2D eigenvalue weighted by Crippen LogP contribution is -2.50. The van der Waals surface area contributed by atoms with E-state index in [1.54, 1.807) is 6.92 Å². The van der Waals surface area contributed by atoms with Crippen molar-refractivity contribution in [1.82, 2.24) is 10.6 Å². The molecule has 4 rings (SSSR count). The zero-order valence-electron chi connectivity index (χ0n) is 20.2. The molecule has 186 valence electrons. The first kappa shape index (κ1) is 24.8. The van der Waals surface area contributed by atoms with Crippen molar-refractivity contribution in [3.8, 4) is 11.1 Å². The molecule has 0 aliphatic heterocycles. The number of hydrogen-bond donors (Lipinski definition) is 3. The van der Waals surface area contributed by atoms with Crippen molar-refractivity contribution in [2.24, 2.45) is 5.92 Å². The molecule has 1 fully saturated rings. The van der Waals surface area contributed by atoms with E-state index in [4.69, 9.17) is 9.84 Å². The first-order chi connectivity index (χ1) is 16.9. The van der Waals surface area contributed by atoms with Gasteiger partial charge in [-0.1, -0.05) is 80.6 Å². The van der Waals surface area contributed by atoms with E-state index in [1.165, 1.54) is 6.42 Å². The fourth-order valence-corrected chi connectivity index (χ4v) is 5.43. The van der Waals surface area contributed by atoms with Crippen LogP contribution in [0.3, 0.4) is 0 Å². The summed E-state index contributed by atoms with van der Waals surface area (Å²) in [6.45, 7) is 1.82. The van der Waals surface area contributed by atoms with Crippen molar-refractivity contribution < 1.29 is 24.2 Å². The van der Waals surface area contributed by atoms with Crippen LogP contribution < -0.4 is 10.6 Å². The molecule has 7 nitrogen and oxygen atoms in total. The van der Waals surface area contributed by atoms with Crippen molar-refractivity contribution in [2.75, 3.05) is 6.61 Å². The second-order valence-corrected chi connectivity index (χ2v) is 9.77. The second-order valence-electron chi connectivity index (χ2n) is 9.77. The van der Waals surface area contributed by atoms with E-state index in [1.807, 2.05) is 24.3 Å². The van der Waals surface area contributed by atoms with Gasteiger partial charge in [-0.25, -0.2) is 4.79 Å². The molecule has 35 heavy (non-hydrogen) atoms. The Morgan fingerprint density at radius 3 is 2.14 bits per heavy atom. The number of hydrogen-bond acceptors (Lipinski definition) is 4. The smallest absolute Gasteiger partial charge is 0.407 e. The van der Waals surface area contributed by atoms with Gasteiger partial charge < -0.3 is 20.5 Å². The highest BCUT2D eigenvalue weighted by atomic mass is 16.5. The Hall–Kier alpha value is -3.35. The molecule has 2 aromatic rings. The number of rotatable bonds is 9.